The molecule has 86 valence electrons. The standard InChI is InChI=1S/C12H11FN4/c1-17-12(15)10(7-14)11(16-17)6-8-3-2-4-9(13)5-8/h2-5H,6,15H2,1H3. The van der Waals surface area contributed by atoms with E-state index >= 15 is 0 Å². The van der Waals surface area contributed by atoms with Crippen LogP contribution in [-0.2, 0) is 13.5 Å². The maximum absolute atomic E-state index is 13.0. The van der Waals surface area contributed by atoms with Crippen LogP contribution in [0.1, 0.15) is 16.8 Å². The molecule has 2 aromatic rings. The molecular weight excluding hydrogens is 219 g/mol. The number of nitrogens with two attached hydrogens (primary N) is 1. The van der Waals surface area contributed by atoms with Crippen LogP contribution in [0.4, 0.5) is 10.2 Å². The van der Waals surface area contributed by atoms with E-state index < -0.39 is 0 Å². The molecule has 0 saturated carbocycles. The lowest BCUT2D eigenvalue weighted by Gasteiger charge is -1.98. The number of nitrogens with zero attached hydrogens (tertiary/aromatic N) is 3. The first-order chi connectivity index (χ1) is 8.11. The summed E-state index contributed by atoms with van der Waals surface area (Å²) in [5.74, 6) is 0.0313. The van der Waals surface area contributed by atoms with E-state index in [0.717, 1.165) is 5.56 Å². The fourth-order valence-corrected chi connectivity index (χ4v) is 1.68. The largest absolute Gasteiger partial charge is 0.383 e. The Morgan fingerprint density at radius 1 is 1.53 bits per heavy atom. The molecule has 0 atom stereocenters. The second-order valence-electron chi connectivity index (χ2n) is 3.75. The van der Waals surface area contributed by atoms with E-state index in [1.54, 1.807) is 19.2 Å². The molecule has 5 heteroatoms. The quantitative estimate of drug-likeness (QED) is 0.852. The average Bonchev–Trinajstić information content (AvgIpc) is 2.54. The van der Waals surface area contributed by atoms with Crippen LogP contribution in [0.3, 0.4) is 0 Å². The van der Waals surface area contributed by atoms with Crippen LogP contribution in [0.15, 0.2) is 24.3 Å². The summed E-state index contributed by atoms with van der Waals surface area (Å²) in [6.07, 6.45) is 0.395. The molecule has 17 heavy (non-hydrogen) atoms. The Kier molecular flexibility index (Phi) is 2.79. The zero-order chi connectivity index (χ0) is 12.4. The monoisotopic (exact) mass is 230 g/mol. The fraction of sp³-hybridized carbons (Fsp3) is 0.167. The van der Waals surface area contributed by atoms with Gasteiger partial charge in [-0.15, -0.1) is 0 Å². The molecule has 0 aliphatic rings. The van der Waals surface area contributed by atoms with Gasteiger partial charge < -0.3 is 5.73 Å². The lowest BCUT2D eigenvalue weighted by Crippen LogP contribution is -1.98. The minimum Gasteiger partial charge on any atom is -0.383 e. The molecule has 1 aromatic carbocycles. The molecule has 0 radical (unpaired) electrons. The van der Waals surface area contributed by atoms with Gasteiger partial charge in [-0.05, 0) is 17.7 Å². The average molecular weight is 230 g/mol. The van der Waals surface area contributed by atoms with Gasteiger partial charge in [0, 0.05) is 13.5 Å². The molecular formula is C12H11FN4. The number of anilines is 1. The van der Waals surface area contributed by atoms with Gasteiger partial charge in [-0.3, -0.25) is 4.68 Å². The number of benzene rings is 1. The Labute approximate surface area is 98.1 Å². The van der Waals surface area contributed by atoms with E-state index in [0.29, 0.717) is 23.5 Å². The lowest BCUT2D eigenvalue weighted by atomic mass is 10.1. The minimum absolute atomic E-state index is 0.301. The van der Waals surface area contributed by atoms with E-state index in [1.807, 2.05) is 6.07 Å². The van der Waals surface area contributed by atoms with E-state index in [-0.39, 0.29) is 5.82 Å². The Hall–Kier alpha value is -2.35. The SMILES string of the molecule is Cn1nc(Cc2cccc(F)c2)c(C#N)c1N. The van der Waals surface area contributed by atoms with Gasteiger partial charge in [0.15, 0.2) is 0 Å². The second kappa shape index (κ2) is 4.26. The summed E-state index contributed by atoms with van der Waals surface area (Å²) in [6.45, 7) is 0. The predicted molar refractivity (Wildman–Crippen MR) is 61.5 cm³/mol. The second-order valence-corrected chi connectivity index (χ2v) is 3.75. The van der Waals surface area contributed by atoms with Crippen molar-refractivity contribution in [2.24, 2.45) is 7.05 Å². The summed E-state index contributed by atoms with van der Waals surface area (Å²) in [7, 11) is 1.67. The first kappa shape index (κ1) is 11.1. The molecule has 0 amide bonds. The van der Waals surface area contributed by atoms with Crippen LogP contribution in [0.2, 0.25) is 0 Å². The topological polar surface area (TPSA) is 67.6 Å². The van der Waals surface area contributed by atoms with Gasteiger partial charge in [-0.2, -0.15) is 10.4 Å². The number of halogens is 1. The zero-order valence-electron chi connectivity index (χ0n) is 9.31. The van der Waals surface area contributed by atoms with Gasteiger partial charge in [-0.1, -0.05) is 12.1 Å². The van der Waals surface area contributed by atoms with Crippen molar-refractivity contribution in [1.82, 2.24) is 9.78 Å². The molecule has 2 N–H and O–H groups in total. The molecule has 1 aromatic heterocycles. The lowest BCUT2D eigenvalue weighted by molar-refractivity contribution is 0.625. The Balaban J connectivity index is 2.37. The van der Waals surface area contributed by atoms with Crippen LogP contribution in [0.25, 0.3) is 0 Å². The number of nitrogen functional groups attached to an aromatic ring is 1. The number of aromatic nitrogens is 2. The summed E-state index contributed by atoms with van der Waals surface area (Å²) in [4.78, 5) is 0. The summed E-state index contributed by atoms with van der Waals surface area (Å²) < 4.78 is 14.5. The number of nitriles is 1. The number of aryl methyl sites for hydroxylation is 1. The van der Waals surface area contributed by atoms with Crippen LogP contribution >= 0.6 is 0 Å². The molecule has 0 fully saturated rings. The van der Waals surface area contributed by atoms with Crippen LogP contribution < -0.4 is 5.73 Å². The van der Waals surface area contributed by atoms with E-state index in [1.165, 1.54) is 16.8 Å². The van der Waals surface area contributed by atoms with Crippen molar-refractivity contribution in [3.05, 3.63) is 46.9 Å². The zero-order valence-corrected chi connectivity index (χ0v) is 9.31. The van der Waals surface area contributed by atoms with E-state index in [4.69, 9.17) is 11.0 Å². The number of hydrogen-bond donors (Lipinski definition) is 1. The maximum atomic E-state index is 13.0. The molecule has 1 heterocycles. The number of hydrogen-bond acceptors (Lipinski definition) is 3. The van der Waals surface area contributed by atoms with Crippen molar-refractivity contribution >= 4 is 5.82 Å². The van der Waals surface area contributed by atoms with Gasteiger partial charge in [-0.25, -0.2) is 4.39 Å². The van der Waals surface area contributed by atoms with Crippen molar-refractivity contribution in [3.63, 3.8) is 0 Å². The van der Waals surface area contributed by atoms with E-state index in [2.05, 4.69) is 5.10 Å². The third-order valence-corrected chi connectivity index (χ3v) is 2.54. The van der Waals surface area contributed by atoms with Crippen molar-refractivity contribution in [1.29, 1.82) is 5.26 Å². The maximum Gasteiger partial charge on any atom is 0.139 e. The number of rotatable bonds is 2. The van der Waals surface area contributed by atoms with Crippen molar-refractivity contribution in [2.45, 2.75) is 6.42 Å². The summed E-state index contributed by atoms with van der Waals surface area (Å²) >= 11 is 0. The molecule has 2 rings (SSSR count). The molecule has 0 spiro atoms. The Morgan fingerprint density at radius 3 is 2.94 bits per heavy atom. The molecule has 4 nitrogen and oxygen atoms in total. The smallest absolute Gasteiger partial charge is 0.139 e. The fourth-order valence-electron chi connectivity index (χ4n) is 1.68. The molecule has 0 saturated heterocycles. The first-order valence-corrected chi connectivity index (χ1v) is 5.07. The van der Waals surface area contributed by atoms with Gasteiger partial charge >= 0.3 is 0 Å². The van der Waals surface area contributed by atoms with Gasteiger partial charge in [0.1, 0.15) is 23.3 Å². The normalized spacial score (nSPS) is 10.2. The minimum atomic E-state index is -0.301. The van der Waals surface area contributed by atoms with Crippen molar-refractivity contribution < 1.29 is 4.39 Å². The van der Waals surface area contributed by atoms with Crippen molar-refractivity contribution in [2.75, 3.05) is 5.73 Å². The summed E-state index contributed by atoms with van der Waals surface area (Å²) in [5.41, 5.74) is 7.39. The van der Waals surface area contributed by atoms with Gasteiger partial charge in [0.05, 0.1) is 5.69 Å². The van der Waals surface area contributed by atoms with Crippen LogP contribution in [0, 0.1) is 17.1 Å². The van der Waals surface area contributed by atoms with Crippen molar-refractivity contribution in [3.8, 4) is 6.07 Å². The molecule has 0 aliphatic carbocycles. The summed E-state index contributed by atoms with van der Waals surface area (Å²) in [6, 6.07) is 8.23. The Morgan fingerprint density at radius 2 is 2.29 bits per heavy atom. The highest BCUT2D eigenvalue weighted by molar-refractivity contribution is 5.52. The molecule has 0 aliphatic heterocycles. The van der Waals surface area contributed by atoms with Gasteiger partial charge in [0.2, 0.25) is 0 Å². The van der Waals surface area contributed by atoms with Crippen LogP contribution in [-0.4, -0.2) is 9.78 Å². The third-order valence-electron chi connectivity index (χ3n) is 2.54. The molecule has 0 bridgehead atoms. The van der Waals surface area contributed by atoms with E-state index in [9.17, 15) is 4.39 Å². The van der Waals surface area contributed by atoms with Crippen LogP contribution in [0.5, 0.6) is 0 Å². The first-order valence-electron chi connectivity index (χ1n) is 5.07. The summed E-state index contributed by atoms with van der Waals surface area (Å²) in [5, 5.41) is 13.1. The third kappa shape index (κ3) is 2.11. The highest BCUT2D eigenvalue weighted by Crippen LogP contribution is 2.18. The highest BCUT2D eigenvalue weighted by atomic mass is 19.1. The molecule has 0 unspecified atom stereocenters. The predicted octanol–water partition coefficient (Wildman–Crippen LogP) is 1.60. The van der Waals surface area contributed by atoms with Gasteiger partial charge in [0.25, 0.3) is 0 Å². The Bertz CT molecular complexity index is 595. The highest BCUT2D eigenvalue weighted by Gasteiger charge is 2.13.